The molecule has 0 aromatic heterocycles. The van der Waals surface area contributed by atoms with E-state index in [1.54, 1.807) is 43.3 Å². The van der Waals surface area contributed by atoms with Crippen LogP contribution in [0.1, 0.15) is 11.1 Å². The average Bonchev–Trinajstić information content (AvgIpc) is 3.07. The van der Waals surface area contributed by atoms with Crippen molar-refractivity contribution in [2.75, 3.05) is 12.4 Å². The molecule has 53 heavy (non-hydrogen) atoms. The number of nitrogens with one attached hydrogen (secondary N) is 1. The monoisotopic (exact) mass is 771 g/mol. The summed E-state index contributed by atoms with van der Waals surface area (Å²) in [5, 5.41) is 46.2. The standard InChI is InChI=1S/C35H29N5O9S2.2Na/c1-19-8-13-27(20(2)14-19)37-39-32-30(50(43,44)45)17-21-15-23(9-11-25(21)34(32)41)36-24-10-12-26-22(16-24)18-31(51(46,47)48)33(35(26)42)40-38-28-6-4-5-7-29(28)49-3;;/h4-18,36,41-42H,1-3H3,(H,43,44,45)(H,46,47,48);;/q;2*+1/p-2. The van der Waals surface area contributed by atoms with E-state index in [1.807, 2.05) is 13.0 Å². The first-order chi connectivity index (χ1) is 24.1. The number of fused-ring (bicyclic) bond motifs is 2. The molecule has 6 rings (SSSR count). The summed E-state index contributed by atoms with van der Waals surface area (Å²) in [6.45, 7) is 3.68. The zero-order valence-corrected chi connectivity index (χ0v) is 34.7. The Hall–Kier alpha value is -3.94. The molecular formula is C35H27N5Na2O9S2. The van der Waals surface area contributed by atoms with Gasteiger partial charge in [-0.25, -0.2) is 0 Å². The largest absolute Gasteiger partial charge is 1.00 e. The Labute approximate surface area is 348 Å². The van der Waals surface area contributed by atoms with Gasteiger partial charge in [-0.2, -0.15) is 21.9 Å². The fraction of sp³-hybridized carbons (Fsp3) is 0.0857. The van der Waals surface area contributed by atoms with Crippen molar-refractivity contribution in [2.45, 2.75) is 23.6 Å². The SMILES string of the molecule is COc1ccccc1N=Nc1c(S(=O)(=O)O)cc2cc(Nc3ccc4c([O-])c(N=Nc5ccc(C)cc5C)c(S(=O)(=O)O)cc4c3)ccc2c1[O-].[Na+].[Na+]. The van der Waals surface area contributed by atoms with Crippen LogP contribution in [-0.2, 0) is 20.2 Å². The normalized spacial score (nSPS) is 11.9. The van der Waals surface area contributed by atoms with Crippen molar-refractivity contribution < 1.29 is 100 Å². The smallest absolute Gasteiger partial charge is 0.871 e. The second-order valence-electron chi connectivity index (χ2n) is 11.4. The van der Waals surface area contributed by atoms with E-state index in [2.05, 4.69) is 25.8 Å². The maximum Gasteiger partial charge on any atom is 1.00 e. The number of azo groups is 2. The van der Waals surface area contributed by atoms with Gasteiger partial charge >= 0.3 is 59.1 Å². The molecule has 14 nitrogen and oxygen atoms in total. The molecule has 0 aliphatic carbocycles. The molecule has 0 saturated carbocycles. The Bertz CT molecular complexity index is 2670. The van der Waals surface area contributed by atoms with Crippen LogP contribution in [0.3, 0.4) is 0 Å². The molecule has 0 unspecified atom stereocenters. The number of ether oxygens (including phenoxy) is 1. The molecule has 0 fully saturated rings. The minimum atomic E-state index is -4.93. The van der Waals surface area contributed by atoms with Crippen LogP contribution in [0.15, 0.2) is 121 Å². The first-order valence-corrected chi connectivity index (χ1v) is 17.8. The van der Waals surface area contributed by atoms with E-state index >= 15 is 0 Å². The molecular weight excluding hydrogens is 745 g/mol. The van der Waals surface area contributed by atoms with E-state index in [0.29, 0.717) is 22.8 Å². The molecule has 0 heterocycles. The van der Waals surface area contributed by atoms with Crippen molar-refractivity contribution in [1.29, 1.82) is 0 Å². The van der Waals surface area contributed by atoms with Gasteiger partial charge in [-0.1, -0.05) is 53.5 Å². The summed E-state index contributed by atoms with van der Waals surface area (Å²) < 4.78 is 74.6. The van der Waals surface area contributed by atoms with Crippen molar-refractivity contribution in [3.05, 3.63) is 102 Å². The van der Waals surface area contributed by atoms with Crippen LogP contribution in [0.5, 0.6) is 17.2 Å². The molecule has 0 saturated heterocycles. The van der Waals surface area contributed by atoms with Gasteiger partial charge in [0.2, 0.25) is 0 Å². The van der Waals surface area contributed by atoms with Crippen LogP contribution in [-0.4, -0.2) is 33.1 Å². The van der Waals surface area contributed by atoms with Gasteiger partial charge in [-0.3, -0.25) is 9.11 Å². The maximum absolute atomic E-state index is 13.4. The van der Waals surface area contributed by atoms with E-state index in [9.17, 15) is 36.2 Å². The topological polar surface area (TPSA) is 226 Å². The van der Waals surface area contributed by atoms with E-state index < -0.39 is 52.9 Å². The minimum Gasteiger partial charge on any atom is -0.871 e. The summed E-state index contributed by atoms with van der Waals surface area (Å²) in [6, 6.07) is 22.8. The van der Waals surface area contributed by atoms with Crippen molar-refractivity contribution >= 4 is 75.9 Å². The van der Waals surface area contributed by atoms with Crippen LogP contribution >= 0.6 is 0 Å². The van der Waals surface area contributed by atoms with Gasteiger partial charge in [0, 0.05) is 11.4 Å². The molecule has 0 bridgehead atoms. The van der Waals surface area contributed by atoms with Crippen LogP contribution in [0.25, 0.3) is 21.5 Å². The number of aryl methyl sites for hydroxylation is 2. The first kappa shape index (κ1) is 41.8. The van der Waals surface area contributed by atoms with Crippen LogP contribution in [0.2, 0.25) is 0 Å². The molecule has 6 aromatic carbocycles. The zero-order valence-electron chi connectivity index (χ0n) is 29.0. The third-order valence-electron chi connectivity index (χ3n) is 7.86. The summed E-state index contributed by atoms with van der Waals surface area (Å²) in [6.07, 6.45) is 0. The summed E-state index contributed by atoms with van der Waals surface area (Å²) in [7, 11) is -8.43. The molecule has 0 radical (unpaired) electrons. The van der Waals surface area contributed by atoms with Gasteiger partial charge in [-0.15, -0.1) is 15.3 Å². The fourth-order valence-electron chi connectivity index (χ4n) is 5.42. The molecule has 260 valence electrons. The van der Waals surface area contributed by atoms with Crippen molar-refractivity contribution in [1.82, 2.24) is 0 Å². The third-order valence-corrected chi connectivity index (χ3v) is 9.59. The van der Waals surface area contributed by atoms with E-state index in [4.69, 9.17) is 4.74 Å². The predicted molar refractivity (Wildman–Crippen MR) is 187 cm³/mol. The number of benzene rings is 6. The Morgan fingerprint density at radius 1 is 0.623 bits per heavy atom. The summed E-state index contributed by atoms with van der Waals surface area (Å²) in [5.41, 5.74) is 1.95. The van der Waals surface area contributed by atoms with Crippen LogP contribution in [0, 0.1) is 13.8 Å². The molecule has 0 aliphatic rings. The Balaban J connectivity index is 0.00000314. The van der Waals surface area contributed by atoms with E-state index in [-0.39, 0.29) is 86.3 Å². The number of anilines is 2. The van der Waals surface area contributed by atoms with E-state index in [1.165, 1.54) is 43.5 Å². The van der Waals surface area contributed by atoms with Gasteiger partial charge in [0.15, 0.2) is 0 Å². The fourth-order valence-corrected chi connectivity index (χ4v) is 6.73. The number of hydrogen-bond donors (Lipinski definition) is 3. The number of hydrogen-bond acceptors (Lipinski definition) is 12. The second kappa shape index (κ2) is 16.6. The molecule has 0 aliphatic heterocycles. The third kappa shape index (κ3) is 9.06. The number of rotatable bonds is 9. The molecule has 3 N–H and O–H groups in total. The minimum absolute atomic E-state index is 0. The molecule has 0 spiro atoms. The average molecular weight is 772 g/mol. The summed E-state index contributed by atoms with van der Waals surface area (Å²) >= 11 is 0. The Morgan fingerprint density at radius 3 is 1.58 bits per heavy atom. The van der Waals surface area contributed by atoms with Crippen molar-refractivity contribution in [3.63, 3.8) is 0 Å². The van der Waals surface area contributed by atoms with Gasteiger partial charge < -0.3 is 20.3 Å². The second-order valence-corrected chi connectivity index (χ2v) is 14.2. The van der Waals surface area contributed by atoms with Crippen molar-refractivity contribution in [3.8, 4) is 17.2 Å². The molecule has 18 heteroatoms. The number of methoxy groups -OCH3 is 1. The maximum atomic E-state index is 13.4. The Kier molecular flexibility index (Phi) is 13.1. The van der Waals surface area contributed by atoms with Crippen LogP contribution in [0.4, 0.5) is 34.1 Å². The van der Waals surface area contributed by atoms with Gasteiger partial charge in [0.05, 0.1) is 24.2 Å². The van der Waals surface area contributed by atoms with Gasteiger partial charge in [0.1, 0.15) is 21.2 Å². The first-order valence-electron chi connectivity index (χ1n) is 15.0. The van der Waals surface area contributed by atoms with E-state index in [0.717, 1.165) is 23.3 Å². The molecule has 0 amide bonds. The van der Waals surface area contributed by atoms with Gasteiger partial charge in [-0.05, 0) is 95.6 Å². The Morgan fingerprint density at radius 2 is 1.11 bits per heavy atom. The van der Waals surface area contributed by atoms with Gasteiger partial charge in [0.25, 0.3) is 20.2 Å². The molecule has 6 aromatic rings. The molecule has 0 atom stereocenters. The number of nitrogens with zero attached hydrogens (tertiary/aromatic N) is 4. The summed E-state index contributed by atoms with van der Waals surface area (Å²) in [5.74, 6) is -1.25. The zero-order chi connectivity index (χ0) is 36.7. The van der Waals surface area contributed by atoms with Crippen LogP contribution < -0.4 is 79.4 Å². The predicted octanol–water partition coefficient (Wildman–Crippen LogP) is 1.84. The number of para-hydroxylation sites is 1. The summed E-state index contributed by atoms with van der Waals surface area (Å²) in [4.78, 5) is -1.48. The quantitative estimate of drug-likeness (QED) is 0.110. The van der Waals surface area contributed by atoms with Crippen molar-refractivity contribution in [2.24, 2.45) is 20.5 Å².